The number of hydrogen-bond acceptors (Lipinski definition) is 3. The molecule has 3 rings (SSSR count). The summed E-state index contributed by atoms with van der Waals surface area (Å²) in [4.78, 5) is 16.4. The fourth-order valence-corrected chi connectivity index (χ4v) is 2.65. The summed E-state index contributed by atoms with van der Waals surface area (Å²) in [6.07, 6.45) is 7.50. The van der Waals surface area contributed by atoms with E-state index in [-0.39, 0.29) is 17.9 Å². The van der Waals surface area contributed by atoms with Crippen molar-refractivity contribution < 1.29 is 9.53 Å². The zero-order chi connectivity index (χ0) is 13.9. The van der Waals surface area contributed by atoms with Crippen LogP contribution in [0.3, 0.4) is 0 Å². The van der Waals surface area contributed by atoms with Crippen molar-refractivity contribution in [2.24, 2.45) is 5.92 Å². The second-order valence-corrected chi connectivity index (χ2v) is 5.27. The average Bonchev–Trinajstić information content (AvgIpc) is 2.92. The van der Waals surface area contributed by atoms with Crippen molar-refractivity contribution in [3.05, 3.63) is 36.3 Å². The summed E-state index contributed by atoms with van der Waals surface area (Å²) in [7, 11) is 0. The second-order valence-electron chi connectivity index (χ2n) is 5.27. The van der Waals surface area contributed by atoms with Crippen molar-refractivity contribution >= 4 is 11.6 Å². The molecule has 2 unspecified atom stereocenters. The van der Waals surface area contributed by atoms with Gasteiger partial charge < -0.3 is 14.5 Å². The largest absolute Gasteiger partial charge is 0.378 e. The van der Waals surface area contributed by atoms with Gasteiger partial charge in [-0.2, -0.15) is 0 Å². The molecule has 1 aliphatic heterocycles. The number of rotatable bonds is 3. The summed E-state index contributed by atoms with van der Waals surface area (Å²) in [6, 6.07) is 3.98. The molecule has 0 aliphatic carbocycles. The molecule has 5 heteroatoms. The van der Waals surface area contributed by atoms with Crippen LogP contribution in [0.25, 0.3) is 5.65 Å². The fraction of sp³-hybridized carbons (Fsp3) is 0.467. The van der Waals surface area contributed by atoms with E-state index in [4.69, 9.17) is 4.74 Å². The van der Waals surface area contributed by atoms with Gasteiger partial charge in [0.1, 0.15) is 5.65 Å². The maximum Gasteiger partial charge on any atom is 0.225 e. The normalized spacial score (nSPS) is 22.9. The molecule has 20 heavy (non-hydrogen) atoms. The third kappa shape index (κ3) is 2.67. The maximum absolute atomic E-state index is 12.2. The number of carbonyl (C=O) groups is 1. The van der Waals surface area contributed by atoms with Gasteiger partial charge in [0.25, 0.3) is 0 Å². The highest BCUT2D eigenvalue weighted by atomic mass is 16.5. The van der Waals surface area contributed by atoms with Gasteiger partial charge in [-0.15, -0.1) is 0 Å². The number of pyridine rings is 1. The van der Waals surface area contributed by atoms with Crippen molar-refractivity contribution in [3.8, 4) is 0 Å². The van der Waals surface area contributed by atoms with Crippen molar-refractivity contribution in [2.45, 2.75) is 32.4 Å². The summed E-state index contributed by atoms with van der Waals surface area (Å²) in [6.45, 7) is 3.27. The van der Waals surface area contributed by atoms with Gasteiger partial charge in [0.15, 0.2) is 0 Å². The van der Waals surface area contributed by atoms with Gasteiger partial charge in [-0.25, -0.2) is 4.98 Å². The van der Waals surface area contributed by atoms with Crippen LogP contribution in [0, 0.1) is 5.92 Å². The SMILES string of the molecule is CC1OCCCC1C(=O)NCc1ccn2ccnc2c1. The van der Waals surface area contributed by atoms with Crippen LogP contribution in [0.1, 0.15) is 25.3 Å². The van der Waals surface area contributed by atoms with Crippen LogP contribution >= 0.6 is 0 Å². The molecular weight excluding hydrogens is 254 g/mol. The van der Waals surface area contributed by atoms with Crippen molar-refractivity contribution in [3.63, 3.8) is 0 Å². The molecule has 3 heterocycles. The van der Waals surface area contributed by atoms with E-state index in [1.165, 1.54) is 0 Å². The molecule has 1 amide bonds. The van der Waals surface area contributed by atoms with E-state index in [1.807, 2.05) is 35.9 Å². The Balaban J connectivity index is 1.61. The van der Waals surface area contributed by atoms with Crippen LogP contribution in [-0.4, -0.2) is 28.0 Å². The van der Waals surface area contributed by atoms with E-state index < -0.39 is 0 Å². The van der Waals surface area contributed by atoms with Crippen LogP contribution in [0.15, 0.2) is 30.7 Å². The van der Waals surface area contributed by atoms with Crippen LogP contribution in [-0.2, 0) is 16.1 Å². The molecular formula is C15H19N3O2. The number of hydrogen-bond donors (Lipinski definition) is 1. The molecule has 2 atom stereocenters. The van der Waals surface area contributed by atoms with Gasteiger partial charge in [-0.05, 0) is 37.5 Å². The Hall–Kier alpha value is -1.88. The standard InChI is InChI=1S/C15H19N3O2/c1-11-13(3-2-8-20-11)15(19)17-10-12-4-6-18-7-5-16-14(18)9-12/h4-7,9,11,13H,2-3,8,10H2,1H3,(H,17,19). The van der Waals surface area contributed by atoms with E-state index in [1.54, 1.807) is 6.20 Å². The first-order valence-corrected chi connectivity index (χ1v) is 7.05. The highest BCUT2D eigenvalue weighted by molar-refractivity contribution is 5.79. The molecule has 0 spiro atoms. The molecule has 2 aromatic heterocycles. The Kier molecular flexibility index (Phi) is 3.69. The van der Waals surface area contributed by atoms with E-state index in [2.05, 4.69) is 10.3 Å². The van der Waals surface area contributed by atoms with Gasteiger partial charge >= 0.3 is 0 Å². The Morgan fingerprint density at radius 3 is 3.30 bits per heavy atom. The quantitative estimate of drug-likeness (QED) is 0.927. The van der Waals surface area contributed by atoms with Crippen LogP contribution in [0.5, 0.6) is 0 Å². The lowest BCUT2D eigenvalue weighted by atomic mass is 9.94. The first-order valence-electron chi connectivity index (χ1n) is 7.05. The third-order valence-corrected chi connectivity index (χ3v) is 3.87. The summed E-state index contributed by atoms with van der Waals surface area (Å²) in [5.74, 6) is 0.0549. The number of imidazole rings is 1. The minimum absolute atomic E-state index is 0.0125. The van der Waals surface area contributed by atoms with E-state index in [9.17, 15) is 4.79 Å². The summed E-state index contributed by atoms with van der Waals surface area (Å²) < 4.78 is 7.48. The van der Waals surface area contributed by atoms with Crippen LogP contribution in [0.2, 0.25) is 0 Å². The van der Waals surface area contributed by atoms with Crippen LogP contribution in [0.4, 0.5) is 0 Å². The minimum atomic E-state index is -0.0288. The van der Waals surface area contributed by atoms with E-state index >= 15 is 0 Å². The average molecular weight is 273 g/mol. The van der Waals surface area contributed by atoms with Gasteiger partial charge in [-0.3, -0.25) is 4.79 Å². The molecule has 1 fully saturated rings. The van der Waals surface area contributed by atoms with Gasteiger partial charge in [0.2, 0.25) is 5.91 Å². The molecule has 0 saturated carbocycles. The lowest BCUT2D eigenvalue weighted by molar-refractivity contribution is -0.133. The molecule has 0 radical (unpaired) electrons. The van der Waals surface area contributed by atoms with Gasteiger partial charge in [0, 0.05) is 31.7 Å². The lowest BCUT2D eigenvalue weighted by Gasteiger charge is -2.28. The zero-order valence-electron chi connectivity index (χ0n) is 11.6. The predicted molar refractivity (Wildman–Crippen MR) is 75.2 cm³/mol. The number of amides is 1. The van der Waals surface area contributed by atoms with Crippen LogP contribution < -0.4 is 5.32 Å². The molecule has 2 aromatic rings. The van der Waals surface area contributed by atoms with Gasteiger partial charge in [0.05, 0.1) is 12.0 Å². The topological polar surface area (TPSA) is 55.6 Å². The van der Waals surface area contributed by atoms with Crippen molar-refractivity contribution in [2.75, 3.05) is 6.61 Å². The number of fused-ring (bicyclic) bond motifs is 1. The minimum Gasteiger partial charge on any atom is -0.378 e. The molecule has 0 aromatic carbocycles. The predicted octanol–water partition coefficient (Wildman–Crippen LogP) is 1.77. The molecule has 1 N–H and O–H groups in total. The molecule has 0 bridgehead atoms. The Morgan fingerprint density at radius 1 is 1.55 bits per heavy atom. The van der Waals surface area contributed by atoms with Gasteiger partial charge in [-0.1, -0.05) is 0 Å². The maximum atomic E-state index is 12.2. The van der Waals surface area contributed by atoms with Crippen molar-refractivity contribution in [1.29, 1.82) is 0 Å². The monoisotopic (exact) mass is 273 g/mol. The summed E-state index contributed by atoms with van der Waals surface area (Å²) in [5.41, 5.74) is 1.95. The number of aromatic nitrogens is 2. The fourth-order valence-electron chi connectivity index (χ4n) is 2.65. The number of carbonyl (C=O) groups excluding carboxylic acids is 1. The third-order valence-electron chi connectivity index (χ3n) is 3.87. The number of ether oxygens (including phenoxy) is 1. The highest BCUT2D eigenvalue weighted by Gasteiger charge is 2.28. The van der Waals surface area contributed by atoms with Crippen molar-refractivity contribution in [1.82, 2.24) is 14.7 Å². The summed E-state index contributed by atoms with van der Waals surface area (Å²) in [5, 5.41) is 3.00. The molecule has 106 valence electrons. The Morgan fingerprint density at radius 2 is 2.45 bits per heavy atom. The van der Waals surface area contributed by atoms with E-state index in [0.717, 1.165) is 30.7 Å². The molecule has 5 nitrogen and oxygen atoms in total. The molecule has 1 saturated heterocycles. The Labute approximate surface area is 118 Å². The zero-order valence-corrected chi connectivity index (χ0v) is 11.6. The Bertz CT molecular complexity index is 608. The highest BCUT2D eigenvalue weighted by Crippen LogP contribution is 2.20. The second kappa shape index (κ2) is 5.63. The lowest BCUT2D eigenvalue weighted by Crippen LogP contribution is -2.39. The smallest absolute Gasteiger partial charge is 0.225 e. The first-order chi connectivity index (χ1) is 9.74. The van der Waals surface area contributed by atoms with E-state index in [0.29, 0.717) is 6.54 Å². The summed E-state index contributed by atoms with van der Waals surface area (Å²) >= 11 is 0. The molecule has 1 aliphatic rings. The number of nitrogens with zero attached hydrogens (tertiary/aromatic N) is 2. The number of nitrogens with one attached hydrogen (secondary N) is 1. The first kappa shape index (κ1) is 13.1.